The molecule has 0 aliphatic carbocycles. The van der Waals surface area contributed by atoms with Crippen LogP contribution in [0.5, 0.6) is 0 Å². The highest BCUT2D eigenvalue weighted by Gasteiger charge is 2.30. The van der Waals surface area contributed by atoms with Crippen molar-refractivity contribution in [2.45, 2.75) is 44.8 Å². The van der Waals surface area contributed by atoms with Crippen LogP contribution in [0.4, 0.5) is 0 Å². The Balaban J connectivity index is 1.52. The third-order valence-corrected chi connectivity index (χ3v) is 4.87. The molecule has 25 heavy (non-hydrogen) atoms. The summed E-state index contributed by atoms with van der Waals surface area (Å²) in [4.78, 5) is 11.1. The fraction of sp³-hybridized carbons (Fsp3) is 0.444. The molecule has 0 saturated carbocycles. The SMILES string of the molecule is C[C@@H](c1nc(-c2ccccc2)no1)N1CCCC[C@H]1Cn1cncn1. The predicted molar refractivity (Wildman–Crippen MR) is 92.5 cm³/mol. The van der Waals surface area contributed by atoms with E-state index in [2.05, 4.69) is 32.0 Å². The van der Waals surface area contributed by atoms with Gasteiger partial charge in [-0.25, -0.2) is 4.98 Å². The van der Waals surface area contributed by atoms with Crippen molar-refractivity contribution in [1.82, 2.24) is 29.8 Å². The number of aromatic nitrogens is 5. The second kappa shape index (κ2) is 7.14. The Labute approximate surface area is 146 Å². The Bertz CT molecular complexity index is 785. The van der Waals surface area contributed by atoms with Gasteiger partial charge in [-0.3, -0.25) is 9.58 Å². The molecule has 3 aromatic rings. The zero-order valence-electron chi connectivity index (χ0n) is 14.3. The molecule has 0 bridgehead atoms. The molecule has 7 nitrogen and oxygen atoms in total. The molecule has 1 saturated heterocycles. The van der Waals surface area contributed by atoms with E-state index in [1.165, 1.54) is 12.8 Å². The minimum absolute atomic E-state index is 0.0822. The summed E-state index contributed by atoms with van der Waals surface area (Å²) in [6.45, 7) is 4.01. The maximum Gasteiger partial charge on any atom is 0.244 e. The topological polar surface area (TPSA) is 72.9 Å². The van der Waals surface area contributed by atoms with Crippen molar-refractivity contribution in [2.75, 3.05) is 6.54 Å². The van der Waals surface area contributed by atoms with Gasteiger partial charge in [-0.15, -0.1) is 0 Å². The van der Waals surface area contributed by atoms with E-state index in [0.717, 1.165) is 25.1 Å². The minimum Gasteiger partial charge on any atom is -0.337 e. The van der Waals surface area contributed by atoms with Crippen molar-refractivity contribution >= 4 is 0 Å². The Morgan fingerprint density at radius 2 is 2.12 bits per heavy atom. The predicted octanol–water partition coefficient (Wildman–Crippen LogP) is 2.94. The fourth-order valence-corrected chi connectivity index (χ4v) is 3.52. The van der Waals surface area contributed by atoms with Crippen LogP contribution in [-0.4, -0.2) is 42.4 Å². The zero-order chi connectivity index (χ0) is 17.1. The van der Waals surface area contributed by atoms with E-state index in [-0.39, 0.29) is 6.04 Å². The van der Waals surface area contributed by atoms with Gasteiger partial charge in [0.2, 0.25) is 11.7 Å². The Kier molecular flexibility index (Phi) is 4.56. The zero-order valence-corrected chi connectivity index (χ0v) is 14.3. The molecular formula is C18H22N6O. The standard InChI is InChI=1S/C18H22N6O/c1-14(18-21-17(22-25-18)15-7-3-2-4-8-15)24-10-6-5-9-16(24)11-23-13-19-12-20-23/h2-4,7-8,12-14,16H,5-6,9-11H2,1H3/t14-,16-/m0/s1. The first-order valence-electron chi connectivity index (χ1n) is 8.78. The molecule has 2 aromatic heterocycles. The van der Waals surface area contributed by atoms with Gasteiger partial charge in [0.25, 0.3) is 0 Å². The summed E-state index contributed by atoms with van der Waals surface area (Å²) in [7, 11) is 0. The summed E-state index contributed by atoms with van der Waals surface area (Å²) in [6.07, 6.45) is 6.93. The Hall–Kier alpha value is -2.54. The van der Waals surface area contributed by atoms with Crippen molar-refractivity contribution in [1.29, 1.82) is 0 Å². The third kappa shape index (κ3) is 3.46. The highest BCUT2D eigenvalue weighted by atomic mass is 16.5. The fourth-order valence-electron chi connectivity index (χ4n) is 3.52. The lowest BCUT2D eigenvalue weighted by atomic mass is 10.00. The second-order valence-electron chi connectivity index (χ2n) is 6.50. The maximum atomic E-state index is 5.58. The molecular weight excluding hydrogens is 316 g/mol. The number of rotatable bonds is 5. The van der Waals surface area contributed by atoms with Crippen LogP contribution in [0.15, 0.2) is 47.5 Å². The summed E-state index contributed by atoms with van der Waals surface area (Å²) >= 11 is 0. The van der Waals surface area contributed by atoms with Gasteiger partial charge in [0.1, 0.15) is 12.7 Å². The number of hydrogen-bond donors (Lipinski definition) is 0. The molecule has 0 unspecified atom stereocenters. The van der Waals surface area contributed by atoms with Gasteiger partial charge in [-0.2, -0.15) is 10.1 Å². The number of nitrogens with zero attached hydrogens (tertiary/aromatic N) is 6. The van der Waals surface area contributed by atoms with E-state index in [0.29, 0.717) is 17.8 Å². The Morgan fingerprint density at radius 1 is 1.24 bits per heavy atom. The number of likely N-dealkylation sites (tertiary alicyclic amines) is 1. The first-order valence-corrected chi connectivity index (χ1v) is 8.78. The molecule has 4 rings (SSSR count). The number of hydrogen-bond acceptors (Lipinski definition) is 6. The quantitative estimate of drug-likeness (QED) is 0.712. The molecule has 3 heterocycles. The van der Waals surface area contributed by atoms with Gasteiger partial charge in [-0.05, 0) is 26.3 Å². The van der Waals surface area contributed by atoms with E-state index >= 15 is 0 Å². The number of piperidine rings is 1. The first kappa shape index (κ1) is 16.0. The van der Waals surface area contributed by atoms with Gasteiger partial charge in [0.05, 0.1) is 12.6 Å². The van der Waals surface area contributed by atoms with E-state index in [9.17, 15) is 0 Å². The van der Waals surface area contributed by atoms with Crippen LogP contribution in [0.1, 0.15) is 38.1 Å². The van der Waals surface area contributed by atoms with E-state index in [1.54, 1.807) is 12.7 Å². The third-order valence-electron chi connectivity index (χ3n) is 4.87. The van der Waals surface area contributed by atoms with Crippen LogP contribution in [0.3, 0.4) is 0 Å². The van der Waals surface area contributed by atoms with Gasteiger partial charge in [-0.1, -0.05) is 41.9 Å². The summed E-state index contributed by atoms with van der Waals surface area (Å²) in [5.41, 5.74) is 0.975. The van der Waals surface area contributed by atoms with Crippen LogP contribution >= 0.6 is 0 Å². The minimum atomic E-state index is 0.0822. The van der Waals surface area contributed by atoms with Crippen LogP contribution in [0.2, 0.25) is 0 Å². The lowest BCUT2D eigenvalue weighted by Gasteiger charge is -2.38. The second-order valence-corrected chi connectivity index (χ2v) is 6.50. The van der Waals surface area contributed by atoms with Crippen LogP contribution in [0, 0.1) is 0 Å². The molecule has 1 fully saturated rings. The Morgan fingerprint density at radius 3 is 2.92 bits per heavy atom. The smallest absolute Gasteiger partial charge is 0.244 e. The molecule has 1 aromatic carbocycles. The summed E-state index contributed by atoms with van der Waals surface area (Å²) in [5.74, 6) is 1.32. The lowest BCUT2D eigenvalue weighted by Crippen LogP contribution is -2.43. The van der Waals surface area contributed by atoms with Crippen LogP contribution in [-0.2, 0) is 6.54 Å². The van der Waals surface area contributed by atoms with Gasteiger partial charge in [0.15, 0.2) is 0 Å². The largest absolute Gasteiger partial charge is 0.337 e. The van der Waals surface area contributed by atoms with E-state index < -0.39 is 0 Å². The van der Waals surface area contributed by atoms with E-state index in [1.807, 2.05) is 35.0 Å². The first-order chi connectivity index (χ1) is 12.3. The molecule has 1 aliphatic heterocycles. The molecule has 1 aliphatic rings. The van der Waals surface area contributed by atoms with E-state index in [4.69, 9.17) is 4.52 Å². The molecule has 0 radical (unpaired) electrons. The molecule has 7 heteroatoms. The van der Waals surface area contributed by atoms with Crippen LogP contribution in [0.25, 0.3) is 11.4 Å². The summed E-state index contributed by atoms with van der Waals surface area (Å²) in [5, 5.41) is 8.41. The van der Waals surface area contributed by atoms with Crippen molar-refractivity contribution in [3.05, 3.63) is 48.9 Å². The van der Waals surface area contributed by atoms with Gasteiger partial charge < -0.3 is 4.52 Å². The van der Waals surface area contributed by atoms with Crippen LogP contribution < -0.4 is 0 Å². The average molecular weight is 338 g/mol. The van der Waals surface area contributed by atoms with Gasteiger partial charge >= 0.3 is 0 Å². The van der Waals surface area contributed by atoms with Gasteiger partial charge in [0, 0.05) is 11.6 Å². The highest BCUT2D eigenvalue weighted by molar-refractivity contribution is 5.53. The van der Waals surface area contributed by atoms with Crippen molar-refractivity contribution < 1.29 is 4.52 Å². The highest BCUT2D eigenvalue weighted by Crippen LogP contribution is 2.29. The molecule has 0 spiro atoms. The molecule has 2 atom stereocenters. The van der Waals surface area contributed by atoms with Crippen molar-refractivity contribution in [3.8, 4) is 11.4 Å². The van der Waals surface area contributed by atoms with Crippen molar-refractivity contribution in [2.24, 2.45) is 0 Å². The molecule has 130 valence electrons. The lowest BCUT2D eigenvalue weighted by molar-refractivity contribution is 0.0719. The summed E-state index contributed by atoms with van der Waals surface area (Å²) in [6, 6.07) is 10.4. The molecule has 0 amide bonds. The maximum absolute atomic E-state index is 5.58. The molecule has 0 N–H and O–H groups in total. The number of benzene rings is 1. The van der Waals surface area contributed by atoms with Crippen molar-refractivity contribution in [3.63, 3.8) is 0 Å². The average Bonchev–Trinajstić information content (AvgIpc) is 3.34. The monoisotopic (exact) mass is 338 g/mol. The normalized spacial score (nSPS) is 19.8. The summed E-state index contributed by atoms with van der Waals surface area (Å²) < 4.78 is 7.48.